The Morgan fingerprint density at radius 1 is 0.947 bits per heavy atom. The molecule has 1 heterocycles. The monoisotopic (exact) mass is 549 g/mol. The van der Waals surface area contributed by atoms with Crippen LogP contribution in [-0.4, -0.2) is 26.9 Å². The van der Waals surface area contributed by atoms with Gasteiger partial charge in [-0.1, -0.05) is 93.0 Å². The number of nitrogens with zero attached hydrogens (tertiary/aromatic N) is 1. The van der Waals surface area contributed by atoms with E-state index in [9.17, 15) is 9.18 Å². The summed E-state index contributed by atoms with van der Waals surface area (Å²) in [5.74, 6) is -0.226. The second-order valence-corrected chi connectivity index (χ2v) is 16.7. The first-order chi connectivity index (χ1) is 18.1. The molecule has 1 saturated heterocycles. The third-order valence-electron chi connectivity index (χ3n) is 8.68. The van der Waals surface area contributed by atoms with Gasteiger partial charge in [0.05, 0.1) is 16.1 Å². The van der Waals surface area contributed by atoms with Gasteiger partial charge in [0, 0.05) is 12.6 Å². The fourth-order valence-corrected chi connectivity index (χ4v) is 11.6. The molecule has 0 bridgehead atoms. The number of rotatable bonds is 5. The maximum absolute atomic E-state index is 14.0. The molecular formula is C32H37ClFNO2Si. The summed E-state index contributed by atoms with van der Waals surface area (Å²) in [6.07, 6.45) is 4.17. The first kappa shape index (κ1) is 27.1. The number of carbonyl (C=O) groups is 1. The van der Waals surface area contributed by atoms with Crippen LogP contribution in [-0.2, 0) is 9.22 Å². The summed E-state index contributed by atoms with van der Waals surface area (Å²) in [5, 5.41) is 2.77. The van der Waals surface area contributed by atoms with Crippen molar-refractivity contribution in [3.8, 4) is 0 Å². The number of hydrogen-bond acceptors (Lipinski definition) is 2. The second kappa shape index (κ2) is 10.3. The Hall–Kier alpha value is -2.47. The van der Waals surface area contributed by atoms with Crippen molar-refractivity contribution in [3.05, 3.63) is 89.2 Å². The standard InChI is InChI=1S/C32H37ClFNO2Si/c1-23-21-29(27(33)22-28(23)34)35-20-19-32(30(35)36)17-15-24(16-18-32)37-38(31(2,3)4,25-11-7-5-8-12-25)26-13-9-6-10-14-26/h5-14,21-22,24H,15-20H2,1-4H3. The molecule has 0 aromatic heterocycles. The van der Waals surface area contributed by atoms with E-state index in [1.807, 2.05) is 0 Å². The zero-order valence-corrected chi connectivity index (χ0v) is 24.5. The lowest BCUT2D eigenvalue weighted by Crippen LogP contribution is -2.68. The summed E-state index contributed by atoms with van der Waals surface area (Å²) < 4.78 is 21.4. The predicted octanol–water partition coefficient (Wildman–Crippen LogP) is 7.03. The Morgan fingerprint density at radius 2 is 1.50 bits per heavy atom. The van der Waals surface area contributed by atoms with Crippen molar-refractivity contribution in [2.75, 3.05) is 11.4 Å². The second-order valence-electron chi connectivity index (χ2n) is 12.0. The van der Waals surface area contributed by atoms with E-state index < -0.39 is 13.7 Å². The first-order valence-corrected chi connectivity index (χ1v) is 15.9. The maximum atomic E-state index is 14.0. The number of benzene rings is 3. The molecule has 0 N–H and O–H groups in total. The summed E-state index contributed by atoms with van der Waals surface area (Å²) >= 11 is 6.38. The van der Waals surface area contributed by atoms with Crippen LogP contribution in [0.3, 0.4) is 0 Å². The van der Waals surface area contributed by atoms with Crippen LogP contribution in [0.5, 0.6) is 0 Å². The molecule has 2 aliphatic rings. The summed E-state index contributed by atoms with van der Waals surface area (Å²) in [5.41, 5.74) is 0.732. The van der Waals surface area contributed by atoms with Crippen LogP contribution >= 0.6 is 11.6 Å². The van der Waals surface area contributed by atoms with Crippen LogP contribution < -0.4 is 15.3 Å². The Kier molecular flexibility index (Phi) is 7.31. The molecule has 1 saturated carbocycles. The minimum atomic E-state index is -2.64. The molecule has 0 atom stereocenters. The summed E-state index contributed by atoms with van der Waals surface area (Å²) in [7, 11) is -2.64. The van der Waals surface area contributed by atoms with Crippen LogP contribution in [0.4, 0.5) is 10.1 Å². The van der Waals surface area contributed by atoms with Crippen LogP contribution in [0.15, 0.2) is 72.8 Å². The van der Waals surface area contributed by atoms with E-state index in [1.54, 1.807) is 17.9 Å². The molecule has 0 radical (unpaired) electrons. The molecule has 3 nitrogen and oxygen atoms in total. The largest absolute Gasteiger partial charge is 0.404 e. The van der Waals surface area contributed by atoms with Crippen molar-refractivity contribution in [3.63, 3.8) is 0 Å². The van der Waals surface area contributed by atoms with Crippen LogP contribution in [0, 0.1) is 18.2 Å². The van der Waals surface area contributed by atoms with Crippen LogP contribution in [0.1, 0.15) is 58.4 Å². The highest BCUT2D eigenvalue weighted by molar-refractivity contribution is 6.99. The molecule has 38 heavy (non-hydrogen) atoms. The topological polar surface area (TPSA) is 29.5 Å². The number of hydrogen-bond donors (Lipinski definition) is 0. The maximum Gasteiger partial charge on any atom is 0.261 e. The van der Waals surface area contributed by atoms with Crippen molar-refractivity contribution >= 4 is 41.9 Å². The molecule has 2 fully saturated rings. The fraction of sp³-hybridized carbons (Fsp3) is 0.406. The van der Waals surface area contributed by atoms with Crippen LogP contribution in [0.2, 0.25) is 10.1 Å². The molecule has 1 aliphatic heterocycles. The van der Waals surface area contributed by atoms with Gasteiger partial charge in [-0.25, -0.2) is 4.39 Å². The molecule has 1 aliphatic carbocycles. The highest BCUT2D eigenvalue weighted by atomic mass is 35.5. The molecular weight excluding hydrogens is 513 g/mol. The van der Waals surface area contributed by atoms with E-state index in [0.717, 1.165) is 32.1 Å². The van der Waals surface area contributed by atoms with Crippen molar-refractivity contribution in [1.82, 2.24) is 0 Å². The van der Waals surface area contributed by atoms with Crippen molar-refractivity contribution in [1.29, 1.82) is 0 Å². The molecule has 200 valence electrons. The van der Waals surface area contributed by atoms with Gasteiger partial charge >= 0.3 is 0 Å². The summed E-state index contributed by atoms with van der Waals surface area (Å²) in [6.45, 7) is 9.23. The van der Waals surface area contributed by atoms with Gasteiger partial charge < -0.3 is 9.33 Å². The number of halogens is 2. The quantitative estimate of drug-likeness (QED) is 0.320. The summed E-state index contributed by atoms with van der Waals surface area (Å²) in [6, 6.07) is 24.5. The van der Waals surface area contributed by atoms with E-state index in [1.165, 1.54) is 16.4 Å². The molecule has 3 aromatic carbocycles. The number of anilines is 1. The van der Waals surface area contributed by atoms with Gasteiger partial charge in [0.2, 0.25) is 5.91 Å². The minimum absolute atomic E-state index is 0.0813. The molecule has 3 aromatic rings. The van der Waals surface area contributed by atoms with Gasteiger partial charge in [-0.2, -0.15) is 0 Å². The summed E-state index contributed by atoms with van der Waals surface area (Å²) in [4.78, 5) is 15.5. The normalized spacial score (nSPS) is 22.3. The highest BCUT2D eigenvalue weighted by Crippen LogP contribution is 2.49. The number of amides is 1. The Balaban J connectivity index is 1.40. The smallest absolute Gasteiger partial charge is 0.261 e. The predicted molar refractivity (Wildman–Crippen MR) is 157 cm³/mol. The molecule has 1 amide bonds. The SMILES string of the molecule is Cc1cc(N2CCC3(CCC(O[Si](c4ccccc4)(c4ccccc4)C(C)(C)C)CC3)C2=O)c(Cl)cc1F. The molecule has 5 rings (SSSR count). The van der Waals surface area contributed by atoms with E-state index in [2.05, 4.69) is 81.4 Å². The van der Waals surface area contributed by atoms with Crippen molar-refractivity contribution in [2.24, 2.45) is 5.41 Å². The lowest BCUT2D eigenvalue weighted by Gasteiger charge is -2.47. The van der Waals surface area contributed by atoms with E-state index >= 15 is 0 Å². The Bertz CT molecular complexity index is 1260. The third-order valence-corrected chi connectivity index (χ3v) is 14.1. The fourth-order valence-electron chi connectivity index (χ4n) is 6.57. The van der Waals surface area contributed by atoms with Gasteiger partial charge in [0.25, 0.3) is 8.32 Å². The number of carbonyl (C=O) groups excluding carboxylic acids is 1. The Morgan fingerprint density at radius 3 is 2.03 bits per heavy atom. The lowest BCUT2D eigenvalue weighted by atomic mass is 9.72. The average molecular weight is 550 g/mol. The van der Waals surface area contributed by atoms with E-state index in [0.29, 0.717) is 22.8 Å². The number of aryl methyl sites for hydroxylation is 1. The molecule has 6 heteroatoms. The van der Waals surface area contributed by atoms with Gasteiger partial charge in [-0.05, 0) is 72.1 Å². The van der Waals surface area contributed by atoms with Crippen molar-refractivity contribution < 1.29 is 13.6 Å². The van der Waals surface area contributed by atoms with Crippen LogP contribution in [0.25, 0.3) is 0 Å². The Labute approximate surface area is 232 Å². The molecule has 0 unspecified atom stereocenters. The molecule has 1 spiro atoms. The van der Waals surface area contributed by atoms with E-state index in [-0.39, 0.29) is 22.9 Å². The highest BCUT2D eigenvalue weighted by Gasteiger charge is 2.54. The lowest BCUT2D eigenvalue weighted by molar-refractivity contribution is -0.128. The first-order valence-electron chi connectivity index (χ1n) is 13.6. The van der Waals surface area contributed by atoms with Crippen molar-refractivity contribution in [2.45, 2.75) is 70.9 Å². The van der Waals surface area contributed by atoms with Gasteiger partial charge in [0.15, 0.2) is 0 Å². The van der Waals surface area contributed by atoms with Gasteiger partial charge in [0.1, 0.15) is 5.82 Å². The van der Waals surface area contributed by atoms with E-state index in [4.69, 9.17) is 16.0 Å². The minimum Gasteiger partial charge on any atom is -0.404 e. The van der Waals surface area contributed by atoms with Gasteiger partial charge in [-0.3, -0.25) is 4.79 Å². The zero-order valence-electron chi connectivity index (χ0n) is 22.8. The van der Waals surface area contributed by atoms with Gasteiger partial charge in [-0.15, -0.1) is 0 Å². The zero-order chi connectivity index (χ0) is 27.1. The average Bonchev–Trinajstić information content (AvgIpc) is 3.21. The third kappa shape index (κ3) is 4.63.